The molecule has 20 N–H and O–H groups in total. The Labute approximate surface area is 661 Å². The minimum absolute atomic E-state index is 0.179. The van der Waals surface area contributed by atoms with Gasteiger partial charge in [-0.25, -0.2) is 4.79 Å². The van der Waals surface area contributed by atoms with Crippen molar-refractivity contribution in [1.29, 1.82) is 0 Å². The molecule has 5 fully saturated rings. The Morgan fingerprint density at radius 3 is 1.38 bits per heavy atom. The van der Waals surface area contributed by atoms with Gasteiger partial charge in [0.25, 0.3) is 5.79 Å². The van der Waals surface area contributed by atoms with Crippen LogP contribution in [0.5, 0.6) is 0 Å². The second kappa shape index (κ2) is 55.0. The molecule has 33 heteroatoms. The fourth-order valence-corrected chi connectivity index (χ4v) is 15.2. The molecule has 0 aliphatic carbocycles. The van der Waals surface area contributed by atoms with E-state index in [2.05, 4.69) is 24.5 Å². The maximum Gasteiger partial charge on any atom is 0.364 e. The van der Waals surface area contributed by atoms with Crippen LogP contribution in [0.1, 0.15) is 258 Å². The maximum absolute atomic E-state index is 13.6. The Bertz CT molecular complexity index is 2520. The largest absolute Gasteiger partial charge is 0.477 e. The standard InChI is InChI=1S/C79H144N2O31/c1-4-6-8-10-12-14-16-18-19-20-21-22-23-24-25-26-27-29-31-33-35-37-39-41-58(90)81-50(51(87)40-38-36-34-32-30-28-17-15-13-11-9-7-5-2)47-103-75-68(99)66(97)71(56(46-85)107-75)110-77-69(100)72(63(94)54(44-83)105-77)111-74-59(80-49(3)86)64(95)70(55(45-84)106-74)109-76-67(98)65(96)62(93)57(108-76)48-104-79(78(101)102)42-52(88)60(91)73(112-79)61(92)53(89)43-82/h38,40,50-57,59-77,82-85,87-89,91-100H,4-37,39,41-48H2,1-3H3,(H,80,86)(H,81,90)(H,101,102)/b40-38+/t50-,51+,52?,53+,54?,55?,56?,57?,59?,60+,61+,62-,63-,64+,65-,66+,67?,68?,69?,70+,71+,72-,73?,74-,75+,76-,77-,79+/m0/s1. The van der Waals surface area contributed by atoms with Gasteiger partial charge < -0.3 is 150 Å². The molecule has 656 valence electrons. The van der Waals surface area contributed by atoms with Crippen LogP contribution in [0.25, 0.3) is 0 Å². The van der Waals surface area contributed by atoms with Gasteiger partial charge in [-0.3, -0.25) is 9.59 Å². The quantitative estimate of drug-likeness (QED) is 0.0305. The highest BCUT2D eigenvalue weighted by Crippen LogP contribution is 2.38. The number of carboxylic acid groups (broad SMARTS) is 1. The molecule has 28 atom stereocenters. The topological polar surface area (TPSA) is 532 Å². The lowest BCUT2D eigenvalue weighted by atomic mass is 9.90. The molecule has 5 aliphatic heterocycles. The van der Waals surface area contributed by atoms with Crippen LogP contribution in [0.2, 0.25) is 0 Å². The molecule has 0 bridgehead atoms. The van der Waals surface area contributed by atoms with Gasteiger partial charge in [-0.05, 0) is 19.3 Å². The summed E-state index contributed by atoms with van der Waals surface area (Å²) in [6.45, 7) is -0.192. The van der Waals surface area contributed by atoms with E-state index in [4.69, 9.17) is 47.4 Å². The molecule has 5 aliphatic rings. The number of allylic oxidation sites excluding steroid dienone is 1. The molecule has 0 spiro atoms. The van der Waals surface area contributed by atoms with Crippen molar-refractivity contribution in [2.45, 2.75) is 430 Å². The molecule has 10 unspecified atom stereocenters. The number of rotatable bonds is 59. The zero-order valence-corrected chi connectivity index (χ0v) is 66.5. The van der Waals surface area contributed by atoms with E-state index in [0.29, 0.717) is 12.8 Å². The van der Waals surface area contributed by atoms with E-state index in [-0.39, 0.29) is 12.3 Å². The lowest BCUT2D eigenvalue weighted by Gasteiger charge is -2.50. The third kappa shape index (κ3) is 32.7. The number of carbonyl (C=O) groups is 3. The predicted octanol–water partition coefficient (Wildman–Crippen LogP) is 1.93. The van der Waals surface area contributed by atoms with Gasteiger partial charge in [0.15, 0.2) is 25.2 Å². The van der Waals surface area contributed by atoms with Crippen LogP contribution >= 0.6 is 0 Å². The summed E-state index contributed by atoms with van der Waals surface area (Å²) in [4.78, 5) is 39.1. The summed E-state index contributed by atoms with van der Waals surface area (Å²) < 4.78 is 58.2. The zero-order chi connectivity index (χ0) is 82.1. The summed E-state index contributed by atoms with van der Waals surface area (Å²) in [6, 6.07) is -2.90. The molecule has 5 saturated heterocycles. The summed E-state index contributed by atoms with van der Waals surface area (Å²) in [6.07, 6.45) is -4.41. The molecule has 0 aromatic carbocycles. The van der Waals surface area contributed by atoms with Gasteiger partial charge in [0.05, 0.1) is 57.9 Å². The number of ether oxygens (including phenoxy) is 10. The van der Waals surface area contributed by atoms with E-state index < -0.39 is 229 Å². The lowest BCUT2D eigenvalue weighted by molar-refractivity contribution is -0.383. The summed E-state index contributed by atoms with van der Waals surface area (Å²) in [7, 11) is 0. The van der Waals surface area contributed by atoms with Gasteiger partial charge in [-0.1, -0.05) is 231 Å². The van der Waals surface area contributed by atoms with E-state index in [0.717, 1.165) is 58.3 Å². The van der Waals surface area contributed by atoms with E-state index >= 15 is 0 Å². The smallest absolute Gasteiger partial charge is 0.364 e. The number of carboxylic acids is 1. The number of amides is 2. The molecule has 33 nitrogen and oxygen atoms in total. The van der Waals surface area contributed by atoms with E-state index in [1.165, 1.54) is 161 Å². The Kier molecular flexibility index (Phi) is 48.9. The summed E-state index contributed by atoms with van der Waals surface area (Å²) >= 11 is 0. The van der Waals surface area contributed by atoms with Crippen LogP contribution in [0.4, 0.5) is 0 Å². The van der Waals surface area contributed by atoms with Gasteiger partial charge in [0.2, 0.25) is 11.8 Å². The zero-order valence-electron chi connectivity index (χ0n) is 66.5. The van der Waals surface area contributed by atoms with Crippen LogP contribution in [0, 0.1) is 0 Å². The monoisotopic (exact) mass is 1620 g/mol. The van der Waals surface area contributed by atoms with Crippen molar-refractivity contribution in [3.8, 4) is 0 Å². The fourth-order valence-electron chi connectivity index (χ4n) is 15.2. The normalized spacial score (nSPS) is 33.7. The number of nitrogens with one attached hydrogen (secondary N) is 2. The minimum Gasteiger partial charge on any atom is -0.477 e. The Balaban J connectivity index is 1.17. The number of aliphatic carboxylic acids is 1. The fraction of sp³-hybridized carbons (Fsp3) is 0.937. The average molecular weight is 1620 g/mol. The van der Waals surface area contributed by atoms with E-state index in [1.807, 2.05) is 6.08 Å². The van der Waals surface area contributed by atoms with E-state index in [9.17, 15) is 106 Å². The number of aliphatic hydroxyl groups is 17. The summed E-state index contributed by atoms with van der Waals surface area (Å²) in [5.74, 6) is -6.16. The molecule has 2 amide bonds. The molecule has 0 aromatic heterocycles. The molecule has 0 saturated carbocycles. The van der Waals surface area contributed by atoms with Crippen molar-refractivity contribution in [3.05, 3.63) is 12.2 Å². The van der Waals surface area contributed by atoms with Crippen molar-refractivity contribution in [2.24, 2.45) is 0 Å². The van der Waals surface area contributed by atoms with Gasteiger partial charge in [-0.2, -0.15) is 0 Å². The molecule has 0 radical (unpaired) electrons. The first-order valence-electron chi connectivity index (χ1n) is 42.1. The molecule has 5 heterocycles. The maximum atomic E-state index is 13.6. The van der Waals surface area contributed by atoms with Gasteiger partial charge >= 0.3 is 5.97 Å². The predicted molar refractivity (Wildman–Crippen MR) is 404 cm³/mol. The number of aliphatic hydroxyl groups excluding tert-OH is 17. The SMILES string of the molecule is CCCCCCCCCCCCC/C=C/[C@@H](O)[C@H](CO[C@@H]1OC(CO)[C@@H](O[C@@H]2OC(CO)[C@H](O)[C@H](O[C@@H]3OC(CO)[C@@H](O[C@@H]4OC(CO[C@]5(C(=O)O)CC(O)[C@@H](O)C([C@H](O)[C@H](O)CO)O5)[C@H](O)[C@H](O)C4O)[C@H](O)C3NC(C)=O)C2O)[C@H](O)C1O)NC(=O)CCCCCCCCCCCCCCCCCCCCCCCCC. The Morgan fingerprint density at radius 1 is 0.473 bits per heavy atom. The van der Waals surface area contributed by atoms with Gasteiger partial charge in [0.1, 0.15) is 122 Å². The molecular weight excluding hydrogens is 1470 g/mol. The third-order valence-electron chi connectivity index (χ3n) is 22.2. The second-order valence-electron chi connectivity index (χ2n) is 31.4. The molecular formula is C79H144N2O31. The summed E-state index contributed by atoms with van der Waals surface area (Å²) in [5.41, 5.74) is 0. The summed E-state index contributed by atoms with van der Waals surface area (Å²) in [5, 5.41) is 202. The first kappa shape index (κ1) is 99.6. The number of hydrogen-bond donors (Lipinski definition) is 20. The Hall–Kier alpha value is -2.93. The molecule has 112 heavy (non-hydrogen) atoms. The van der Waals surface area contributed by atoms with Crippen LogP contribution in [-0.4, -0.2) is 321 Å². The van der Waals surface area contributed by atoms with Crippen molar-refractivity contribution in [1.82, 2.24) is 10.6 Å². The first-order valence-corrected chi connectivity index (χ1v) is 42.1. The van der Waals surface area contributed by atoms with Crippen molar-refractivity contribution in [3.63, 3.8) is 0 Å². The highest BCUT2D eigenvalue weighted by molar-refractivity contribution is 5.76. The number of carbonyl (C=O) groups excluding carboxylic acids is 2. The van der Waals surface area contributed by atoms with Gasteiger partial charge in [-0.15, -0.1) is 0 Å². The second-order valence-corrected chi connectivity index (χ2v) is 31.4. The van der Waals surface area contributed by atoms with Gasteiger partial charge in [0, 0.05) is 19.8 Å². The molecule has 5 rings (SSSR count). The average Bonchev–Trinajstić information content (AvgIpc) is 0.775. The molecule has 0 aromatic rings. The first-order chi connectivity index (χ1) is 53.8. The Morgan fingerprint density at radius 2 is 0.902 bits per heavy atom. The third-order valence-corrected chi connectivity index (χ3v) is 22.2. The van der Waals surface area contributed by atoms with E-state index in [1.54, 1.807) is 6.08 Å². The number of hydrogen-bond acceptors (Lipinski definition) is 30. The van der Waals surface area contributed by atoms with Crippen LogP contribution < -0.4 is 10.6 Å². The lowest BCUT2D eigenvalue weighted by Crippen LogP contribution is -2.70. The van der Waals surface area contributed by atoms with Crippen LogP contribution in [-0.2, 0) is 61.8 Å². The van der Waals surface area contributed by atoms with Crippen LogP contribution in [0.3, 0.4) is 0 Å². The number of unbranched alkanes of at least 4 members (excludes halogenated alkanes) is 33. The van der Waals surface area contributed by atoms with Crippen molar-refractivity contribution < 1.29 is 154 Å². The minimum atomic E-state index is -2.98. The van der Waals surface area contributed by atoms with Crippen molar-refractivity contribution in [2.75, 3.05) is 39.6 Å². The van der Waals surface area contributed by atoms with Crippen molar-refractivity contribution >= 4 is 17.8 Å². The highest BCUT2D eigenvalue weighted by atomic mass is 16.8. The highest BCUT2D eigenvalue weighted by Gasteiger charge is 2.59. The van der Waals surface area contributed by atoms with Crippen LogP contribution in [0.15, 0.2) is 12.2 Å².